The molecule has 1 aromatic carbocycles. The Morgan fingerprint density at radius 3 is 2.52 bits per heavy atom. The molecule has 1 fully saturated rings. The molecule has 2 aromatic heterocycles. The van der Waals surface area contributed by atoms with Crippen molar-refractivity contribution in [3.05, 3.63) is 59.7 Å². The molecule has 2 heterocycles. The lowest BCUT2D eigenvalue weighted by Gasteiger charge is -2.27. The Kier molecular flexibility index (Phi) is 5.84. The summed E-state index contributed by atoms with van der Waals surface area (Å²) in [5.74, 6) is 1.62. The summed E-state index contributed by atoms with van der Waals surface area (Å²) in [7, 11) is 0. The lowest BCUT2D eigenvalue weighted by Crippen LogP contribution is -2.26. The molecule has 0 bridgehead atoms. The van der Waals surface area contributed by atoms with Crippen molar-refractivity contribution in [2.24, 2.45) is 5.92 Å². The molecular formula is C24H33N5. The van der Waals surface area contributed by atoms with E-state index in [-0.39, 0.29) is 2.85 Å². The van der Waals surface area contributed by atoms with Gasteiger partial charge in [-0.25, -0.2) is 9.97 Å². The summed E-state index contributed by atoms with van der Waals surface area (Å²) in [5, 5.41) is 3.55. The van der Waals surface area contributed by atoms with Crippen LogP contribution in [-0.4, -0.2) is 26.0 Å². The van der Waals surface area contributed by atoms with Crippen molar-refractivity contribution >= 4 is 22.6 Å². The van der Waals surface area contributed by atoms with Crippen molar-refractivity contribution in [1.29, 1.82) is 0 Å². The number of nitrogens with one attached hydrogen (secondary N) is 1. The van der Waals surface area contributed by atoms with E-state index in [4.69, 9.17) is 4.98 Å². The predicted octanol–water partition coefficient (Wildman–Crippen LogP) is 5.92. The number of allylic oxidation sites excluding steroid dienone is 1. The maximum absolute atomic E-state index is 4.80. The highest BCUT2D eigenvalue weighted by Crippen LogP contribution is 2.33. The third kappa shape index (κ3) is 4.14. The first kappa shape index (κ1) is 19.5. The second-order valence-electron chi connectivity index (χ2n) is 7.74. The van der Waals surface area contributed by atoms with E-state index in [1.807, 2.05) is 26.1 Å². The zero-order valence-electron chi connectivity index (χ0n) is 17.5. The van der Waals surface area contributed by atoms with Crippen LogP contribution >= 0.6 is 0 Å². The van der Waals surface area contributed by atoms with E-state index in [2.05, 4.69) is 45.4 Å². The number of anilines is 1. The van der Waals surface area contributed by atoms with Crippen molar-refractivity contribution in [2.75, 3.05) is 5.32 Å². The molecule has 2 aliphatic rings. The van der Waals surface area contributed by atoms with Gasteiger partial charge in [-0.15, -0.1) is 0 Å². The summed E-state index contributed by atoms with van der Waals surface area (Å²) in [4.78, 5) is 18.2. The van der Waals surface area contributed by atoms with Crippen LogP contribution in [-0.2, 0) is 6.42 Å². The van der Waals surface area contributed by atoms with Gasteiger partial charge in [-0.05, 0) is 54.9 Å². The van der Waals surface area contributed by atoms with Gasteiger partial charge in [0, 0.05) is 39.5 Å². The standard InChI is InChI=1S/C22H23N5.C2H6.2H2/c1-14-2-5-16(6-3-14)26-22-25-13-18-17(7-9-19(18)27-22)15-4-8-20-21(12-15)24-11-10-23-20;1-2;;/h4,7-8,10-14,16H,2-3,5-6,9H2,1H3,(H,25,26,27);1-2H3;2*1H. The number of hydrogen-bond acceptors (Lipinski definition) is 5. The van der Waals surface area contributed by atoms with Gasteiger partial charge in [0.05, 0.1) is 16.7 Å². The van der Waals surface area contributed by atoms with Gasteiger partial charge in [0.1, 0.15) is 0 Å². The lowest BCUT2D eigenvalue weighted by molar-refractivity contribution is 0.360. The minimum Gasteiger partial charge on any atom is -0.351 e. The van der Waals surface area contributed by atoms with Gasteiger partial charge in [0.25, 0.3) is 0 Å². The molecule has 0 spiro atoms. The molecule has 154 valence electrons. The first-order valence-electron chi connectivity index (χ1n) is 10.8. The molecule has 0 radical (unpaired) electrons. The summed E-state index contributed by atoms with van der Waals surface area (Å²) >= 11 is 0. The van der Waals surface area contributed by atoms with Gasteiger partial charge >= 0.3 is 0 Å². The van der Waals surface area contributed by atoms with Crippen LogP contribution in [0.25, 0.3) is 16.6 Å². The van der Waals surface area contributed by atoms with E-state index < -0.39 is 0 Å². The van der Waals surface area contributed by atoms with Crippen molar-refractivity contribution in [3.63, 3.8) is 0 Å². The Hall–Kier alpha value is -2.82. The third-order valence-corrected chi connectivity index (χ3v) is 5.79. The van der Waals surface area contributed by atoms with Crippen LogP contribution in [0.5, 0.6) is 0 Å². The summed E-state index contributed by atoms with van der Waals surface area (Å²) < 4.78 is 0. The topological polar surface area (TPSA) is 63.6 Å². The predicted molar refractivity (Wildman–Crippen MR) is 123 cm³/mol. The highest BCUT2D eigenvalue weighted by Gasteiger charge is 2.21. The molecule has 2 aliphatic carbocycles. The first-order chi connectivity index (χ1) is 14.3. The van der Waals surface area contributed by atoms with Gasteiger partial charge in [-0.2, -0.15) is 0 Å². The number of rotatable bonds is 3. The summed E-state index contributed by atoms with van der Waals surface area (Å²) in [5.41, 5.74) is 6.39. The number of aromatic nitrogens is 4. The van der Waals surface area contributed by atoms with Crippen LogP contribution in [0.1, 0.15) is 66.1 Å². The molecule has 5 rings (SSSR count). The average molecular weight is 392 g/mol. The molecular weight excluding hydrogens is 358 g/mol. The SMILES string of the molecule is CC.CC1CCC(Nc2ncc3c(n2)CC=C3c2ccc3nccnc3c2)CC1.[HH].[HH]. The Morgan fingerprint density at radius 1 is 0.966 bits per heavy atom. The Morgan fingerprint density at radius 2 is 1.72 bits per heavy atom. The monoisotopic (exact) mass is 391 g/mol. The van der Waals surface area contributed by atoms with Gasteiger partial charge in [-0.1, -0.05) is 32.9 Å². The highest BCUT2D eigenvalue weighted by atomic mass is 15.1. The molecule has 0 amide bonds. The van der Waals surface area contributed by atoms with Crippen molar-refractivity contribution < 1.29 is 2.85 Å². The largest absolute Gasteiger partial charge is 0.351 e. The van der Waals surface area contributed by atoms with Crippen LogP contribution in [0.4, 0.5) is 5.95 Å². The number of fused-ring (bicyclic) bond motifs is 2. The minimum atomic E-state index is 0. The molecule has 5 nitrogen and oxygen atoms in total. The maximum atomic E-state index is 4.80. The van der Waals surface area contributed by atoms with Gasteiger partial charge < -0.3 is 5.32 Å². The van der Waals surface area contributed by atoms with Gasteiger partial charge in [0.2, 0.25) is 5.95 Å². The third-order valence-electron chi connectivity index (χ3n) is 5.79. The van der Waals surface area contributed by atoms with Gasteiger partial charge in [0.15, 0.2) is 0 Å². The van der Waals surface area contributed by atoms with E-state index in [9.17, 15) is 0 Å². The molecule has 0 unspecified atom stereocenters. The highest BCUT2D eigenvalue weighted by molar-refractivity contribution is 5.88. The molecule has 29 heavy (non-hydrogen) atoms. The Labute approximate surface area is 175 Å². The second kappa shape index (κ2) is 8.68. The normalized spacial score (nSPS) is 20.4. The molecule has 0 atom stereocenters. The van der Waals surface area contributed by atoms with Crippen LogP contribution in [0.2, 0.25) is 0 Å². The van der Waals surface area contributed by atoms with Gasteiger partial charge in [-0.3, -0.25) is 9.97 Å². The van der Waals surface area contributed by atoms with Crippen LogP contribution in [0.3, 0.4) is 0 Å². The molecule has 3 aromatic rings. The molecule has 5 heteroatoms. The number of hydrogen-bond donors (Lipinski definition) is 1. The first-order valence-corrected chi connectivity index (χ1v) is 10.8. The summed E-state index contributed by atoms with van der Waals surface area (Å²) in [6.45, 7) is 6.34. The molecule has 0 saturated heterocycles. The van der Waals surface area contributed by atoms with Crippen molar-refractivity contribution in [3.8, 4) is 0 Å². The minimum absolute atomic E-state index is 0. The summed E-state index contributed by atoms with van der Waals surface area (Å²) in [6.07, 6.45) is 13.5. The maximum Gasteiger partial charge on any atom is 0.223 e. The van der Waals surface area contributed by atoms with Crippen LogP contribution in [0, 0.1) is 5.92 Å². The zero-order valence-corrected chi connectivity index (χ0v) is 17.5. The van der Waals surface area contributed by atoms with E-state index >= 15 is 0 Å². The smallest absolute Gasteiger partial charge is 0.223 e. The molecule has 0 aliphatic heterocycles. The van der Waals surface area contributed by atoms with E-state index in [1.54, 1.807) is 12.4 Å². The fraction of sp³-hybridized carbons (Fsp3) is 0.417. The van der Waals surface area contributed by atoms with Crippen molar-refractivity contribution in [1.82, 2.24) is 19.9 Å². The Balaban J connectivity index is 0.000000830. The molecule has 1 saturated carbocycles. The average Bonchev–Trinajstić information content (AvgIpc) is 3.20. The lowest BCUT2D eigenvalue weighted by atomic mass is 9.87. The second-order valence-corrected chi connectivity index (χ2v) is 7.74. The number of nitrogens with zero attached hydrogens (tertiary/aromatic N) is 4. The Bertz CT molecular complexity index is 1030. The summed E-state index contributed by atoms with van der Waals surface area (Å²) in [6, 6.07) is 6.73. The quantitative estimate of drug-likeness (QED) is 0.601. The van der Waals surface area contributed by atoms with E-state index in [1.165, 1.54) is 31.3 Å². The van der Waals surface area contributed by atoms with Crippen molar-refractivity contribution in [2.45, 2.75) is 58.9 Å². The fourth-order valence-electron chi connectivity index (χ4n) is 4.17. The molecule has 1 N–H and O–H groups in total. The van der Waals surface area contributed by atoms with E-state index in [0.717, 1.165) is 46.1 Å². The van der Waals surface area contributed by atoms with E-state index in [0.29, 0.717) is 6.04 Å². The number of benzene rings is 1. The van der Waals surface area contributed by atoms with Crippen LogP contribution < -0.4 is 5.32 Å². The van der Waals surface area contributed by atoms with Crippen LogP contribution in [0.15, 0.2) is 42.9 Å². The fourth-order valence-corrected chi connectivity index (χ4v) is 4.17. The zero-order chi connectivity index (χ0) is 20.2.